The third-order valence-corrected chi connectivity index (χ3v) is 8.07. The maximum absolute atomic E-state index is 12.7. The Morgan fingerprint density at radius 1 is 1.38 bits per heavy atom. The van der Waals surface area contributed by atoms with E-state index >= 15 is 0 Å². The topological polar surface area (TPSA) is 78.5 Å². The van der Waals surface area contributed by atoms with Crippen molar-refractivity contribution in [2.75, 3.05) is 26.2 Å². The van der Waals surface area contributed by atoms with E-state index in [4.69, 9.17) is 0 Å². The molecule has 134 valence electrons. The fourth-order valence-electron chi connectivity index (χ4n) is 3.37. The second kappa shape index (κ2) is 7.51. The highest BCUT2D eigenvalue weighted by Crippen LogP contribution is 2.28. The van der Waals surface area contributed by atoms with Gasteiger partial charge >= 0.3 is 0 Å². The lowest BCUT2D eigenvalue weighted by Gasteiger charge is -2.31. The first-order valence-corrected chi connectivity index (χ1v) is 10.8. The van der Waals surface area contributed by atoms with Crippen LogP contribution in [0, 0.1) is 12.8 Å². The first-order chi connectivity index (χ1) is 11.5. The minimum atomic E-state index is -3.40. The van der Waals surface area contributed by atoms with Crippen LogP contribution in [0.4, 0.5) is 0 Å². The summed E-state index contributed by atoms with van der Waals surface area (Å²) in [6, 6.07) is 3.45. The Kier molecular flexibility index (Phi) is 5.59. The number of hydrogen-bond donors (Lipinski definition) is 2. The summed E-state index contributed by atoms with van der Waals surface area (Å²) >= 11 is 1.32. The summed E-state index contributed by atoms with van der Waals surface area (Å²) in [5.74, 6) is 0.223. The van der Waals surface area contributed by atoms with Crippen molar-refractivity contribution in [3.63, 3.8) is 0 Å². The van der Waals surface area contributed by atoms with Gasteiger partial charge in [0.15, 0.2) is 0 Å². The van der Waals surface area contributed by atoms with E-state index in [1.165, 1.54) is 11.3 Å². The van der Waals surface area contributed by atoms with Crippen LogP contribution in [0.3, 0.4) is 0 Å². The second-order valence-electron chi connectivity index (χ2n) is 6.63. The lowest BCUT2D eigenvalue weighted by Crippen LogP contribution is -2.46. The molecule has 3 rings (SSSR count). The molecule has 6 nitrogen and oxygen atoms in total. The Hall–Kier alpha value is -0.960. The third-order valence-electron chi connectivity index (χ3n) is 4.73. The zero-order chi connectivity index (χ0) is 17.2. The zero-order valence-corrected chi connectivity index (χ0v) is 15.6. The summed E-state index contributed by atoms with van der Waals surface area (Å²) < 4.78 is 27.5. The van der Waals surface area contributed by atoms with Gasteiger partial charge in [-0.3, -0.25) is 4.79 Å². The van der Waals surface area contributed by atoms with E-state index in [2.05, 4.69) is 10.6 Å². The van der Waals surface area contributed by atoms with E-state index in [1.54, 1.807) is 10.4 Å². The van der Waals surface area contributed by atoms with Crippen molar-refractivity contribution < 1.29 is 13.2 Å². The number of nitrogens with zero attached hydrogens (tertiary/aromatic N) is 1. The Labute approximate surface area is 147 Å². The number of piperidine rings is 1. The molecule has 2 unspecified atom stereocenters. The number of hydrogen-bond acceptors (Lipinski definition) is 5. The quantitative estimate of drug-likeness (QED) is 0.818. The first kappa shape index (κ1) is 17.8. The van der Waals surface area contributed by atoms with Crippen molar-refractivity contribution in [2.45, 2.75) is 42.9 Å². The number of aryl methyl sites for hydroxylation is 1. The number of amides is 1. The smallest absolute Gasteiger partial charge is 0.252 e. The fourth-order valence-corrected chi connectivity index (χ4v) is 6.36. The third kappa shape index (κ3) is 3.99. The summed E-state index contributed by atoms with van der Waals surface area (Å²) in [6.45, 7) is 4.40. The van der Waals surface area contributed by atoms with Crippen LogP contribution in [0.25, 0.3) is 0 Å². The van der Waals surface area contributed by atoms with Crippen LogP contribution < -0.4 is 10.6 Å². The molecule has 1 amide bonds. The molecule has 0 aliphatic carbocycles. The van der Waals surface area contributed by atoms with Gasteiger partial charge in [-0.05, 0) is 57.2 Å². The van der Waals surface area contributed by atoms with Crippen molar-refractivity contribution in [3.8, 4) is 0 Å². The van der Waals surface area contributed by atoms with E-state index in [0.29, 0.717) is 23.8 Å². The molecule has 2 aliphatic rings. The molecule has 8 heteroatoms. The van der Waals surface area contributed by atoms with Crippen molar-refractivity contribution in [1.29, 1.82) is 0 Å². The number of sulfonamides is 1. The summed E-state index contributed by atoms with van der Waals surface area (Å²) in [7, 11) is -3.40. The first-order valence-electron chi connectivity index (χ1n) is 8.54. The highest BCUT2D eigenvalue weighted by Gasteiger charge is 2.31. The number of carbonyl (C=O) groups excluding carboxylic acids is 1. The van der Waals surface area contributed by atoms with Gasteiger partial charge in [-0.15, -0.1) is 11.3 Å². The summed E-state index contributed by atoms with van der Waals surface area (Å²) in [5.41, 5.74) is 0. The average Bonchev–Trinajstić information content (AvgIpc) is 3.24. The minimum Gasteiger partial charge on any atom is -0.354 e. The largest absolute Gasteiger partial charge is 0.354 e. The zero-order valence-electron chi connectivity index (χ0n) is 14.0. The van der Waals surface area contributed by atoms with E-state index in [0.717, 1.165) is 37.1 Å². The standard InChI is InChI=1S/C16H25N3O3S2/c1-12-6-7-15(23-12)24(21,22)19-9-3-4-13(11-19)10-18-16(20)14-5-2-8-17-14/h6-7,13-14,17H,2-5,8-11H2,1H3,(H,18,20). The molecule has 24 heavy (non-hydrogen) atoms. The Bertz CT molecular complexity index is 680. The van der Waals surface area contributed by atoms with Gasteiger partial charge in [-0.2, -0.15) is 4.31 Å². The molecule has 0 aromatic carbocycles. The molecular formula is C16H25N3O3S2. The Morgan fingerprint density at radius 3 is 2.88 bits per heavy atom. The molecule has 2 atom stereocenters. The summed E-state index contributed by atoms with van der Waals surface area (Å²) in [6.07, 6.45) is 3.71. The van der Waals surface area contributed by atoms with Gasteiger partial charge in [-0.1, -0.05) is 0 Å². The Morgan fingerprint density at radius 2 is 2.21 bits per heavy atom. The van der Waals surface area contributed by atoms with Crippen molar-refractivity contribution in [3.05, 3.63) is 17.0 Å². The molecule has 2 aliphatic heterocycles. The molecule has 1 aromatic rings. The molecule has 0 spiro atoms. The molecule has 1 aromatic heterocycles. The number of thiophene rings is 1. The lowest BCUT2D eigenvalue weighted by atomic mass is 9.99. The molecular weight excluding hydrogens is 346 g/mol. The molecule has 2 fully saturated rings. The van der Waals surface area contributed by atoms with Crippen LogP contribution in [-0.4, -0.2) is 50.9 Å². The highest BCUT2D eigenvalue weighted by atomic mass is 32.2. The van der Waals surface area contributed by atoms with E-state index in [-0.39, 0.29) is 17.9 Å². The lowest BCUT2D eigenvalue weighted by molar-refractivity contribution is -0.123. The van der Waals surface area contributed by atoms with E-state index in [1.807, 2.05) is 13.0 Å². The van der Waals surface area contributed by atoms with Gasteiger partial charge in [0.1, 0.15) is 4.21 Å². The van der Waals surface area contributed by atoms with Crippen LogP contribution in [0.15, 0.2) is 16.3 Å². The van der Waals surface area contributed by atoms with Crippen LogP contribution in [0.1, 0.15) is 30.6 Å². The van der Waals surface area contributed by atoms with Crippen molar-refractivity contribution >= 4 is 27.3 Å². The summed E-state index contributed by atoms with van der Waals surface area (Å²) in [4.78, 5) is 13.1. The van der Waals surface area contributed by atoms with Gasteiger partial charge in [0.25, 0.3) is 10.0 Å². The van der Waals surface area contributed by atoms with Crippen molar-refractivity contribution in [1.82, 2.24) is 14.9 Å². The summed E-state index contributed by atoms with van der Waals surface area (Å²) in [5, 5.41) is 6.17. The molecule has 2 saturated heterocycles. The second-order valence-corrected chi connectivity index (χ2v) is 10.1. The van der Waals surface area contributed by atoms with E-state index in [9.17, 15) is 13.2 Å². The van der Waals surface area contributed by atoms with Gasteiger partial charge in [0.2, 0.25) is 5.91 Å². The highest BCUT2D eigenvalue weighted by molar-refractivity contribution is 7.91. The fraction of sp³-hybridized carbons (Fsp3) is 0.688. The number of nitrogens with one attached hydrogen (secondary N) is 2. The van der Waals surface area contributed by atoms with E-state index < -0.39 is 10.0 Å². The molecule has 0 bridgehead atoms. The molecule has 3 heterocycles. The SMILES string of the molecule is Cc1ccc(S(=O)(=O)N2CCCC(CNC(=O)C3CCCN3)C2)s1. The van der Waals surface area contributed by atoms with Crippen molar-refractivity contribution in [2.24, 2.45) is 5.92 Å². The van der Waals surface area contributed by atoms with Crippen LogP contribution in [-0.2, 0) is 14.8 Å². The number of carbonyl (C=O) groups is 1. The maximum atomic E-state index is 12.7. The van der Waals surface area contributed by atoms with Gasteiger partial charge in [0.05, 0.1) is 6.04 Å². The minimum absolute atomic E-state index is 0.0429. The van der Waals surface area contributed by atoms with Gasteiger partial charge < -0.3 is 10.6 Å². The molecule has 0 radical (unpaired) electrons. The predicted octanol–water partition coefficient (Wildman–Crippen LogP) is 1.33. The molecule has 0 saturated carbocycles. The van der Waals surface area contributed by atoms with Gasteiger partial charge in [-0.25, -0.2) is 8.42 Å². The van der Waals surface area contributed by atoms with Crippen LogP contribution >= 0.6 is 11.3 Å². The monoisotopic (exact) mass is 371 g/mol. The van der Waals surface area contributed by atoms with Crippen LogP contribution in [0.2, 0.25) is 0 Å². The Balaban J connectivity index is 1.57. The van der Waals surface area contributed by atoms with Gasteiger partial charge in [0, 0.05) is 24.5 Å². The normalized spacial score (nSPS) is 25.7. The molecule has 2 N–H and O–H groups in total. The average molecular weight is 372 g/mol. The maximum Gasteiger partial charge on any atom is 0.252 e. The van der Waals surface area contributed by atoms with Crippen LogP contribution in [0.5, 0.6) is 0 Å². The number of rotatable bonds is 5. The predicted molar refractivity (Wildman–Crippen MR) is 94.6 cm³/mol.